The molecule has 3 rings (SSSR count). The molecule has 130 valence electrons. The molecule has 0 N–H and O–H groups in total. The third kappa shape index (κ3) is 5.29. The SMILES string of the molecule is Br/C(=C\C(=C\C(Br)c1ccccc1)c1ccc(Br)cc1)c1ccccc1. The Bertz CT molecular complexity index is 895. The molecule has 0 nitrogen and oxygen atoms in total. The van der Waals surface area contributed by atoms with Crippen molar-refractivity contribution in [1.82, 2.24) is 0 Å². The molecule has 0 aliphatic heterocycles. The zero-order chi connectivity index (χ0) is 18.4. The largest absolute Gasteiger partial charge is 0.0793 e. The first-order valence-electron chi connectivity index (χ1n) is 8.23. The highest BCUT2D eigenvalue weighted by Crippen LogP contribution is 2.32. The lowest BCUT2D eigenvalue weighted by atomic mass is 10.0. The topological polar surface area (TPSA) is 0 Å². The zero-order valence-corrected chi connectivity index (χ0v) is 18.7. The van der Waals surface area contributed by atoms with Crippen LogP contribution < -0.4 is 0 Å². The molecule has 1 unspecified atom stereocenters. The summed E-state index contributed by atoms with van der Waals surface area (Å²) in [5, 5.41) is 0. The Morgan fingerprint density at radius 3 is 1.92 bits per heavy atom. The molecule has 0 bridgehead atoms. The highest BCUT2D eigenvalue weighted by atomic mass is 79.9. The molecule has 0 aromatic heterocycles. The van der Waals surface area contributed by atoms with Crippen LogP contribution in [0, 0.1) is 0 Å². The summed E-state index contributed by atoms with van der Waals surface area (Å²) < 4.78 is 2.13. The van der Waals surface area contributed by atoms with Crippen LogP contribution in [0.15, 0.2) is 102 Å². The smallest absolute Gasteiger partial charge is 0.0584 e. The number of alkyl halides is 1. The molecule has 0 spiro atoms. The Morgan fingerprint density at radius 1 is 0.731 bits per heavy atom. The van der Waals surface area contributed by atoms with Crippen LogP contribution in [0.5, 0.6) is 0 Å². The standard InChI is InChI=1S/C23H17Br3/c24-21-13-11-17(12-14-21)20(15-22(25)18-7-3-1-4-8-18)16-23(26)19-9-5-2-6-10-19/h1-16,22H/b20-15-,23-16-. The van der Waals surface area contributed by atoms with Gasteiger partial charge in [0.1, 0.15) is 0 Å². The maximum absolute atomic E-state index is 3.81. The quantitative estimate of drug-likeness (QED) is 0.228. The second-order valence-electron chi connectivity index (χ2n) is 5.80. The maximum atomic E-state index is 3.81. The molecule has 26 heavy (non-hydrogen) atoms. The first kappa shape index (κ1) is 19.3. The Kier molecular flexibility index (Phi) is 7.07. The van der Waals surface area contributed by atoms with E-state index < -0.39 is 0 Å². The second-order valence-corrected chi connectivity index (χ2v) is 8.56. The third-order valence-electron chi connectivity index (χ3n) is 3.95. The number of hydrogen-bond acceptors (Lipinski definition) is 0. The van der Waals surface area contributed by atoms with E-state index in [1.165, 1.54) is 11.1 Å². The Balaban J connectivity index is 2.02. The predicted molar refractivity (Wildman–Crippen MR) is 124 cm³/mol. The van der Waals surface area contributed by atoms with Gasteiger partial charge in [0.2, 0.25) is 0 Å². The Morgan fingerprint density at radius 2 is 1.31 bits per heavy atom. The normalized spacial score (nSPS) is 13.5. The van der Waals surface area contributed by atoms with Crippen molar-refractivity contribution in [2.24, 2.45) is 0 Å². The van der Waals surface area contributed by atoms with Gasteiger partial charge in [-0.25, -0.2) is 0 Å². The highest BCUT2D eigenvalue weighted by molar-refractivity contribution is 9.15. The molecule has 3 heteroatoms. The third-order valence-corrected chi connectivity index (χ3v) is 5.96. The number of rotatable bonds is 5. The molecule has 0 heterocycles. The lowest BCUT2D eigenvalue weighted by Gasteiger charge is -2.10. The van der Waals surface area contributed by atoms with Crippen molar-refractivity contribution in [3.05, 3.63) is 118 Å². The molecule has 0 aliphatic rings. The Labute approximate surface area is 180 Å². The number of benzene rings is 3. The lowest BCUT2D eigenvalue weighted by molar-refractivity contribution is 1.26. The van der Waals surface area contributed by atoms with Gasteiger partial charge in [0.05, 0.1) is 4.83 Å². The van der Waals surface area contributed by atoms with E-state index in [1.54, 1.807) is 0 Å². The molecule has 0 amide bonds. The minimum absolute atomic E-state index is 0.134. The van der Waals surface area contributed by atoms with Crippen LogP contribution in [-0.2, 0) is 0 Å². The van der Waals surface area contributed by atoms with Crippen LogP contribution in [-0.4, -0.2) is 0 Å². The summed E-state index contributed by atoms with van der Waals surface area (Å²) in [6.45, 7) is 0. The Hall–Kier alpha value is -1.42. The summed E-state index contributed by atoms with van der Waals surface area (Å²) in [6, 6.07) is 29.1. The van der Waals surface area contributed by atoms with Crippen molar-refractivity contribution in [2.75, 3.05) is 0 Å². The molecule has 3 aromatic carbocycles. The summed E-state index contributed by atoms with van der Waals surface area (Å²) in [6.07, 6.45) is 4.42. The van der Waals surface area contributed by atoms with Crippen LogP contribution in [0.3, 0.4) is 0 Å². The van der Waals surface area contributed by atoms with Gasteiger partial charge in [0.25, 0.3) is 0 Å². The first-order valence-corrected chi connectivity index (χ1v) is 10.7. The average Bonchev–Trinajstić information content (AvgIpc) is 2.69. The van der Waals surface area contributed by atoms with Crippen LogP contribution in [0.2, 0.25) is 0 Å². The van der Waals surface area contributed by atoms with Gasteiger partial charge in [0.15, 0.2) is 0 Å². The van der Waals surface area contributed by atoms with Gasteiger partial charge >= 0.3 is 0 Å². The van der Waals surface area contributed by atoms with Gasteiger partial charge in [0, 0.05) is 8.96 Å². The van der Waals surface area contributed by atoms with E-state index in [2.05, 4.69) is 121 Å². The molecule has 0 saturated carbocycles. The number of allylic oxidation sites excluding steroid dienone is 3. The van der Waals surface area contributed by atoms with Gasteiger partial charge in [-0.05, 0) is 40.5 Å². The maximum Gasteiger partial charge on any atom is 0.0584 e. The van der Waals surface area contributed by atoms with Gasteiger partial charge in [-0.1, -0.05) is 127 Å². The molecular formula is C23H17Br3. The zero-order valence-electron chi connectivity index (χ0n) is 13.9. The second kappa shape index (κ2) is 9.50. The van der Waals surface area contributed by atoms with Crippen molar-refractivity contribution in [2.45, 2.75) is 4.83 Å². The molecule has 0 radical (unpaired) electrons. The van der Waals surface area contributed by atoms with Crippen LogP contribution in [0.1, 0.15) is 21.5 Å². The molecule has 0 fully saturated rings. The van der Waals surface area contributed by atoms with E-state index >= 15 is 0 Å². The van der Waals surface area contributed by atoms with Gasteiger partial charge < -0.3 is 0 Å². The van der Waals surface area contributed by atoms with Crippen molar-refractivity contribution in [1.29, 1.82) is 0 Å². The highest BCUT2D eigenvalue weighted by Gasteiger charge is 2.08. The van der Waals surface area contributed by atoms with E-state index in [9.17, 15) is 0 Å². The van der Waals surface area contributed by atoms with Crippen molar-refractivity contribution >= 4 is 57.8 Å². The predicted octanol–water partition coefficient (Wildman–Crippen LogP) is 8.40. The fourth-order valence-electron chi connectivity index (χ4n) is 2.58. The van der Waals surface area contributed by atoms with Crippen LogP contribution in [0.25, 0.3) is 10.1 Å². The number of hydrogen-bond donors (Lipinski definition) is 0. The van der Waals surface area contributed by atoms with Crippen molar-refractivity contribution < 1.29 is 0 Å². The van der Waals surface area contributed by atoms with Gasteiger partial charge in [-0.2, -0.15) is 0 Å². The molecule has 3 aromatic rings. The minimum Gasteiger partial charge on any atom is -0.0793 e. The molecule has 1 atom stereocenters. The average molecular weight is 533 g/mol. The van der Waals surface area contributed by atoms with Crippen molar-refractivity contribution in [3.63, 3.8) is 0 Å². The van der Waals surface area contributed by atoms with Gasteiger partial charge in [-0.3, -0.25) is 0 Å². The minimum atomic E-state index is 0.134. The summed E-state index contributed by atoms with van der Waals surface area (Å²) in [5.74, 6) is 0. The van der Waals surface area contributed by atoms with Crippen LogP contribution in [0.4, 0.5) is 0 Å². The molecular weight excluding hydrogens is 516 g/mol. The fourth-order valence-corrected chi connectivity index (χ4v) is 3.94. The summed E-state index contributed by atoms with van der Waals surface area (Å²) >= 11 is 11.1. The van der Waals surface area contributed by atoms with Gasteiger partial charge in [-0.15, -0.1) is 0 Å². The first-order chi connectivity index (χ1) is 12.6. The van der Waals surface area contributed by atoms with Crippen LogP contribution >= 0.6 is 47.8 Å². The summed E-state index contributed by atoms with van der Waals surface area (Å²) in [5.41, 5.74) is 4.70. The molecule has 0 saturated heterocycles. The monoisotopic (exact) mass is 530 g/mol. The fraction of sp³-hybridized carbons (Fsp3) is 0.0435. The summed E-state index contributed by atoms with van der Waals surface area (Å²) in [7, 11) is 0. The number of halogens is 3. The van der Waals surface area contributed by atoms with E-state index in [0.717, 1.165) is 20.1 Å². The van der Waals surface area contributed by atoms with Crippen molar-refractivity contribution in [3.8, 4) is 0 Å². The van der Waals surface area contributed by atoms with E-state index in [-0.39, 0.29) is 4.83 Å². The van der Waals surface area contributed by atoms with E-state index in [1.807, 2.05) is 24.3 Å². The summed E-state index contributed by atoms with van der Waals surface area (Å²) in [4.78, 5) is 0.134. The van der Waals surface area contributed by atoms with E-state index in [4.69, 9.17) is 0 Å². The lowest BCUT2D eigenvalue weighted by Crippen LogP contribution is -1.89. The van der Waals surface area contributed by atoms with E-state index in [0.29, 0.717) is 0 Å². The molecule has 0 aliphatic carbocycles.